The second-order valence-electron chi connectivity index (χ2n) is 6.75. The van der Waals surface area contributed by atoms with Crippen molar-refractivity contribution < 1.29 is 19.1 Å². The molecule has 7 nitrogen and oxygen atoms in total. The summed E-state index contributed by atoms with van der Waals surface area (Å²) in [7, 11) is 1.54. The fourth-order valence-corrected chi connectivity index (χ4v) is 3.17. The van der Waals surface area contributed by atoms with Gasteiger partial charge in [-0.1, -0.05) is 23.8 Å². The van der Waals surface area contributed by atoms with E-state index in [1.165, 1.54) is 9.80 Å². The molecule has 0 unspecified atom stereocenters. The topological polar surface area (TPSA) is 79.0 Å². The number of piperazine rings is 1. The van der Waals surface area contributed by atoms with Crippen LogP contribution in [0, 0.1) is 13.8 Å². The molecule has 0 atom stereocenters. The van der Waals surface area contributed by atoms with Crippen molar-refractivity contribution in [2.24, 2.45) is 0 Å². The molecule has 2 aromatic carbocycles. The van der Waals surface area contributed by atoms with Gasteiger partial charge in [-0.2, -0.15) is 0 Å². The summed E-state index contributed by atoms with van der Waals surface area (Å²) in [5.41, 5.74) is 3.34. The van der Waals surface area contributed by atoms with Gasteiger partial charge in [0.15, 0.2) is 0 Å². The lowest BCUT2D eigenvalue weighted by Gasteiger charge is -2.33. The monoisotopic (exact) mass is 381 g/mol. The standard InChI is InChI=1S/C21H23N3O4/c1-14-7-8-18(15(2)11-14)22-19(25)13-23-9-10-24(21(27)20(23)26)16-5-4-6-17(12-16)28-3/h4-8,11-12H,9-10,13H2,1-3H3,(H,22,25). The highest BCUT2D eigenvalue weighted by Gasteiger charge is 2.34. The van der Waals surface area contributed by atoms with E-state index < -0.39 is 11.8 Å². The van der Waals surface area contributed by atoms with Gasteiger partial charge in [0.25, 0.3) is 0 Å². The van der Waals surface area contributed by atoms with Crippen molar-refractivity contribution in [3.8, 4) is 5.75 Å². The van der Waals surface area contributed by atoms with E-state index in [0.29, 0.717) is 23.7 Å². The van der Waals surface area contributed by atoms with Crippen LogP contribution in [0.25, 0.3) is 0 Å². The van der Waals surface area contributed by atoms with Crippen LogP contribution in [0.3, 0.4) is 0 Å². The molecule has 3 rings (SSSR count). The number of nitrogens with one attached hydrogen (secondary N) is 1. The maximum absolute atomic E-state index is 12.5. The lowest BCUT2D eigenvalue weighted by Crippen LogP contribution is -2.56. The van der Waals surface area contributed by atoms with Crippen LogP contribution in [-0.2, 0) is 14.4 Å². The number of carbonyl (C=O) groups excluding carboxylic acids is 3. The molecule has 1 saturated heterocycles. The van der Waals surface area contributed by atoms with Gasteiger partial charge in [0, 0.05) is 30.5 Å². The number of methoxy groups -OCH3 is 1. The van der Waals surface area contributed by atoms with E-state index in [9.17, 15) is 14.4 Å². The number of amides is 3. The Labute approximate surface area is 163 Å². The van der Waals surface area contributed by atoms with Gasteiger partial charge in [-0.3, -0.25) is 14.4 Å². The van der Waals surface area contributed by atoms with Gasteiger partial charge in [0.2, 0.25) is 5.91 Å². The van der Waals surface area contributed by atoms with E-state index in [2.05, 4.69) is 5.32 Å². The molecule has 1 heterocycles. The van der Waals surface area contributed by atoms with Crippen LogP contribution < -0.4 is 15.0 Å². The second-order valence-corrected chi connectivity index (χ2v) is 6.75. The smallest absolute Gasteiger partial charge is 0.316 e. The number of benzene rings is 2. The molecule has 28 heavy (non-hydrogen) atoms. The SMILES string of the molecule is COc1cccc(N2CCN(CC(=O)Nc3ccc(C)cc3C)C(=O)C2=O)c1. The molecule has 2 aromatic rings. The summed E-state index contributed by atoms with van der Waals surface area (Å²) in [6, 6.07) is 12.7. The van der Waals surface area contributed by atoms with Crippen molar-refractivity contribution in [2.45, 2.75) is 13.8 Å². The number of anilines is 2. The fourth-order valence-electron chi connectivity index (χ4n) is 3.17. The number of nitrogens with zero attached hydrogens (tertiary/aromatic N) is 2. The Bertz CT molecular complexity index is 926. The predicted octanol–water partition coefficient (Wildman–Crippen LogP) is 2.13. The Balaban J connectivity index is 1.65. The maximum atomic E-state index is 12.5. The first-order valence-electron chi connectivity index (χ1n) is 9.01. The first kappa shape index (κ1) is 19.4. The van der Waals surface area contributed by atoms with Gasteiger partial charge in [-0.15, -0.1) is 0 Å². The lowest BCUT2D eigenvalue weighted by atomic mass is 10.1. The van der Waals surface area contributed by atoms with Crippen molar-refractivity contribution in [3.05, 3.63) is 53.6 Å². The Morgan fingerprint density at radius 1 is 1.07 bits per heavy atom. The molecule has 0 aliphatic carbocycles. The maximum Gasteiger partial charge on any atom is 0.316 e. The summed E-state index contributed by atoms with van der Waals surface area (Å²) in [4.78, 5) is 40.1. The first-order chi connectivity index (χ1) is 13.4. The predicted molar refractivity (Wildman–Crippen MR) is 106 cm³/mol. The van der Waals surface area contributed by atoms with E-state index in [-0.39, 0.29) is 19.0 Å². The molecule has 7 heteroatoms. The minimum atomic E-state index is -0.690. The normalized spacial score (nSPS) is 14.2. The minimum Gasteiger partial charge on any atom is -0.497 e. The molecule has 0 aromatic heterocycles. The molecule has 1 fully saturated rings. The molecule has 1 N–H and O–H groups in total. The second kappa shape index (κ2) is 8.12. The molecule has 0 saturated carbocycles. The number of hydrogen-bond acceptors (Lipinski definition) is 4. The minimum absolute atomic E-state index is 0.163. The quantitative estimate of drug-likeness (QED) is 0.805. The van der Waals surface area contributed by atoms with Gasteiger partial charge in [0.1, 0.15) is 12.3 Å². The van der Waals surface area contributed by atoms with Crippen molar-refractivity contribution in [2.75, 3.05) is 37.0 Å². The van der Waals surface area contributed by atoms with Crippen LogP contribution in [0.1, 0.15) is 11.1 Å². The molecule has 1 aliphatic rings. The zero-order valence-electron chi connectivity index (χ0n) is 16.2. The highest BCUT2D eigenvalue weighted by atomic mass is 16.5. The molecule has 146 valence electrons. The van der Waals surface area contributed by atoms with Crippen LogP contribution in [-0.4, -0.2) is 49.4 Å². The van der Waals surface area contributed by atoms with Crippen LogP contribution in [0.4, 0.5) is 11.4 Å². The van der Waals surface area contributed by atoms with Gasteiger partial charge in [-0.25, -0.2) is 0 Å². The van der Waals surface area contributed by atoms with E-state index in [1.54, 1.807) is 31.4 Å². The molecule has 0 spiro atoms. The number of aryl methyl sites for hydroxylation is 2. The average molecular weight is 381 g/mol. The van der Waals surface area contributed by atoms with E-state index in [0.717, 1.165) is 11.1 Å². The molecular weight excluding hydrogens is 358 g/mol. The number of rotatable bonds is 5. The molecule has 0 radical (unpaired) electrons. The van der Waals surface area contributed by atoms with Crippen LogP contribution in [0.5, 0.6) is 5.75 Å². The zero-order valence-corrected chi connectivity index (χ0v) is 16.2. The Morgan fingerprint density at radius 2 is 1.86 bits per heavy atom. The Kier molecular flexibility index (Phi) is 5.63. The Morgan fingerprint density at radius 3 is 2.57 bits per heavy atom. The number of hydrogen-bond donors (Lipinski definition) is 1. The summed E-state index contributed by atoms with van der Waals surface area (Å²) in [6.07, 6.45) is 0. The fraction of sp³-hybridized carbons (Fsp3) is 0.286. The van der Waals surface area contributed by atoms with Crippen LogP contribution in [0.2, 0.25) is 0 Å². The third kappa shape index (κ3) is 4.14. The van der Waals surface area contributed by atoms with Crippen LogP contribution in [0.15, 0.2) is 42.5 Å². The van der Waals surface area contributed by atoms with Crippen molar-refractivity contribution in [1.29, 1.82) is 0 Å². The third-order valence-electron chi connectivity index (χ3n) is 4.66. The third-order valence-corrected chi connectivity index (χ3v) is 4.66. The average Bonchev–Trinajstić information content (AvgIpc) is 2.68. The van der Waals surface area contributed by atoms with Gasteiger partial charge in [-0.05, 0) is 37.6 Å². The highest BCUT2D eigenvalue weighted by Crippen LogP contribution is 2.23. The molecular formula is C21H23N3O4. The van der Waals surface area contributed by atoms with Crippen molar-refractivity contribution in [1.82, 2.24) is 4.90 Å². The van der Waals surface area contributed by atoms with Gasteiger partial charge in [0.05, 0.1) is 7.11 Å². The highest BCUT2D eigenvalue weighted by molar-refractivity contribution is 6.41. The molecule has 3 amide bonds. The van der Waals surface area contributed by atoms with Crippen molar-refractivity contribution in [3.63, 3.8) is 0 Å². The summed E-state index contributed by atoms with van der Waals surface area (Å²) in [6.45, 7) is 4.31. The Hall–Kier alpha value is -3.35. The number of carbonyl (C=O) groups is 3. The largest absolute Gasteiger partial charge is 0.497 e. The van der Waals surface area contributed by atoms with Crippen molar-refractivity contribution >= 4 is 29.1 Å². The summed E-state index contributed by atoms with van der Waals surface area (Å²) < 4.78 is 5.17. The lowest BCUT2D eigenvalue weighted by molar-refractivity contribution is -0.147. The van der Waals surface area contributed by atoms with Gasteiger partial charge < -0.3 is 19.9 Å². The number of ether oxygens (including phenoxy) is 1. The van der Waals surface area contributed by atoms with E-state index >= 15 is 0 Å². The summed E-state index contributed by atoms with van der Waals surface area (Å²) >= 11 is 0. The molecule has 1 aliphatic heterocycles. The summed E-state index contributed by atoms with van der Waals surface area (Å²) in [5, 5.41) is 2.80. The van der Waals surface area contributed by atoms with Gasteiger partial charge >= 0.3 is 11.8 Å². The summed E-state index contributed by atoms with van der Waals surface area (Å²) in [5.74, 6) is -1.07. The zero-order chi connectivity index (χ0) is 20.3. The van der Waals surface area contributed by atoms with E-state index in [1.807, 2.05) is 32.0 Å². The van der Waals surface area contributed by atoms with E-state index in [4.69, 9.17) is 4.74 Å². The van der Waals surface area contributed by atoms with Crippen LogP contribution >= 0.6 is 0 Å². The molecule has 0 bridgehead atoms. The first-order valence-corrected chi connectivity index (χ1v) is 9.01.